The van der Waals surface area contributed by atoms with Crippen molar-refractivity contribution >= 4 is 30.0 Å². The van der Waals surface area contributed by atoms with Crippen LogP contribution in [0.1, 0.15) is 11.1 Å². The van der Waals surface area contributed by atoms with Crippen LogP contribution in [0.4, 0.5) is 0 Å². The quantitative estimate of drug-likeness (QED) is 0.612. The number of benzene rings is 3. The fraction of sp³-hybridized carbons (Fsp3) is 0.111. The summed E-state index contributed by atoms with van der Waals surface area (Å²) < 4.78 is 0. The lowest BCUT2D eigenvalue weighted by Crippen LogP contribution is -2.05. The van der Waals surface area contributed by atoms with E-state index in [0.717, 1.165) is 8.58 Å². The second kappa shape index (κ2) is 5.15. The summed E-state index contributed by atoms with van der Waals surface area (Å²) in [5, 5.41) is 5.57. The van der Waals surface area contributed by atoms with E-state index in [-0.39, 0.29) is 0 Å². The van der Waals surface area contributed by atoms with Gasteiger partial charge in [0, 0.05) is 0 Å². The van der Waals surface area contributed by atoms with Gasteiger partial charge in [-0.3, -0.25) is 0 Å². The average Bonchev–Trinajstić information content (AvgIpc) is 2.38. The smallest absolute Gasteiger partial charge is 0.0106 e. The average molecular weight is 264 g/mol. The van der Waals surface area contributed by atoms with Crippen molar-refractivity contribution in [2.24, 2.45) is 0 Å². The third-order valence-corrected chi connectivity index (χ3v) is 4.57. The van der Waals surface area contributed by atoms with Gasteiger partial charge >= 0.3 is 0 Å². The summed E-state index contributed by atoms with van der Waals surface area (Å²) in [6.07, 6.45) is 0. The predicted molar refractivity (Wildman–Crippen MR) is 87.4 cm³/mol. The summed E-state index contributed by atoms with van der Waals surface area (Å²) in [7, 11) is 0.723. The molecule has 3 aromatic rings. The van der Waals surface area contributed by atoms with Gasteiger partial charge in [-0.2, -0.15) is 0 Å². The Bertz CT molecular complexity index is 703. The number of aryl methyl sites for hydroxylation is 2. The Kier molecular flexibility index (Phi) is 3.36. The normalized spacial score (nSPS) is 11.5. The first kappa shape index (κ1) is 12.4. The van der Waals surface area contributed by atoms with E-state index >= 15 is 0 Å². The molecule has 1 heteroatoms. The zero-order valence-electron chi connectivity index (χ0n) is 11.3. The number of hydrogen-bond acceptors (Lipinski definition) is 0. The number of fused-ring (bicyclic) bond motifs is 1. The van der Waals surface area contributed by atoms with Crippen LogP contribution in [0.3, 0.4) is 0 Å². The molecule has 3 aromatic carbocycles. The first-order valence-electron chi connectivity index (χ1n) is 6.55. The highest BCUT2D eigenvalue weighted by atomic mass is 31.1. The zero-order valence-corrected chi connectivity index (χ0v) is 12.3. The SMILES string of the molecule is Cc1cc(C)cc(Pc2cccc3ccccc23)c1. The van der Waals surface area contributed by atoms with E-state index in [1.165, 1.54) is 32.5 Å². The van der Waals surface area contributed by atoms with Crippen LogP contribution in [-0.2, 0) is 0 Å². The van der Waals surface area contributed by atoms with Crippen molar-refractivity contribution in [2.45, 2.75) is 13.8 Å². The zero-order chi connectivity index (χ0) is 13.2. The molecule has 94 valence electrons. The van der Waals surface area contributed by atoms with E-state index in [1.807, 2.05) is 0 Å². The van der Waals surface area contributed by atoms with Gasteiger partial charge in [0.2, 0.25) is 0 Å². The Hall–Kier alpha value is -1.65. The highest BCUT2D eigenvalue weighted by Crippen LogP contribution is 2.20. The third-order valence-electron chi connectivity index (χ3n) is 3.29. The number of hydrogen-bond donors (Lipinski definition) is 0. The van der Waals surface area contributed by atoms with E-state index < -0.39 is 0 Å². The van der Waals surface area contributed by atoms with Crippen molar-refractivity contribution in [3.63, 3.8) is 0 Å². The second-order valence-corrected chi connectivity index (χ2v) is 6.39. The molecule has 3 rings (SSSR count). The van der Waals surface area contributed by atoms with Gasteiger partial charge in [0.25, 0.3) is 0 Å². The van der Waals surface area contributed by atoms with Crippen LogP contribution in [0.2, 0.25) is 0 Å². The van der Waals surface area contributed by atoms with E-state index in [2.05, 4.69) is 74.5 Å². The molecule has 0 heterocycles. The molecule has 1 unspecified atom stereocenters. The molecule has 0 saturated carbocycles. The fourth-order valence-corrected chi connectivity index (χ4v) is 3.99. The monoisotopic (exact) mass is 264 g/mol. The van der Waals surface area contributed by atoms with Crippen LogP contribution >= 0.6 is 8.58 Å². The predicted octanol–water partition coefficient (Wildman–Crippen LogP) is 4.09. The molecule has 0 saturated heterocycles. The topological polar surface area (TPSA) is 0 Å². The van der Waals surface area contributed by atoms with Gasteiger partial charge in [-0.25, -0.2) is 0 Å². The maximum absolute atomic E-state index is 2.30. The summed E-state index contributed by atoms with van der Waals surface area (Å²) >= 11 is 0. The summed E-state index contributed by atoms with van der Waals surface area (Å²) in [6.45, 7) is 4.34. The molecular weight excluding hydrogens is 247 g/mol. The van der Waals surface area contributed by atoms with Crippen molar-refractivity contribution < 1.29 is 0 Å². The first-order valence-corrected chi connectivity index (χ1v) is 7.55. The standard InChI is InChI=1S/C18H17P/c1-13-10-14(2)12-16(11-13)19-18-9-5-7-15-6-3-4-8-17(15)18/h3-12,19H,1-2H3. The minimum Gasteiger partial charge on any atom is -0.0616 e. The van der Waals surface area contributed by atoms with Crippen LogP contribution in [0, 0.1) is 13.8 Å². The lowest BCUT2D eigenvalue weighted by Gasteiger charge is -2.08. The van der Waals surface area contributed by atoms with Crippen molar-refractivity contribution in [2.75, 3.05) is 0 Å². The van der Waals surface area contributed by atoms with Crippen LogP contribution < -0.4 is 10.6 Å². The van der Waals surface area contributed by atoms with E-state index in [1.54, 1.807) is 0 Å². The maximum Gasteiger partial charge on any atom is -0.0106 e. The lowest BCUT2D eigenvalue weighted by molar-refractivity contribution is 1.41. The molecule has 0 aliphatic carbocycles. The van der Waals surface area contributed by atoms with Crippen molar-refractivity contribution in [3.05, 3.63) is 71.8 Å². The third kappa shape index (κ3) is 2.69. The molecule has 0 bridgehead atoms. The van der Waals surface area contributed by atoms with Gasteiger partial charge < -0.3 is 0 Å². The highest BCUT2D eigenvalue weighted by molar-refractivity contribution is 7.56. The van der Waals surface area contributed by atoms with Crippen LogP contribution in [0.25, 0.3) is 10.8 Å². The molecule has 0 aliphatic rings. The summed E-state index contributed by atoms with van der Waals surface area (Å²) in [6, 6.07) is 22.1. The minimum absolute atomic E-state index is 0.723. The van der Waals surface area contributed by atoms with Crippen LogP contribution in [0.5, 0.6) is 0 Å². The molecule has 1 atom stereocenters. The fourth-order valence-electron chi connectivity index (χ4n) is 2.54. The Morgan fingerprint density at radius 1 is 0.737 bits per heavy atom. The van der Waals surface area contributed by atoms with Crippen molar-refractivity contribution in [3.8, 4) is 0 Å². The van der Waals surface area contributed by atoms with Gasteiger partial charge in [0.05, 0.1) is 0 Å². The molecule has 0 aliphatic heterocycles. The van der Waals surface area contributed by atoms with E-state index in [9.17, 15) is 0 Å². The Morgan fingerprint density at radius 2 is 1.42 bits per heavy atom. The summed E-state index contributed by atoms with van der Waals surface area (Å²) in [4.78, 5) is 0. The van der Waals surface area contributed by atoms with E-state index in [0.29, 0.717) is 0 Å². The number of rotatable bonds is 2. The first-order chi connectivity index (χ1) is 9.22. The van der Waals surface area contributed by atoms with E-state index in [4.69, 9.17) is 0 Å². The van der Waals surface area contributed by atoms with Gasteiger partial charge in [0.15, 0.2) is 0 Å². The molecule has 0 radical (unpaired) electrons. The molecule has 0 fully saturated rings. The molecule has 19 heavy (non-hydrogen) atoms. The van der Waals surface area contributed by atoms with Crippen LogP contribution in [0.15, 0.2) is 60.7 Å². The Morgan fingerprint density at radius 3 is 2.21 bits per heavy atom. The molecular formula is C18H17P. The van der Waals surface area contributed by atoms with Crippen molar-refractivity contribution in [1.29, 1.82) is 0 Å². The van der Waals surface area contributed by atoms with Gasteiger partial charge in [-0.05, 0) is 35.2 Å². The van der Waals surface area contributed by atoms with Gasteiger partial charge in [-0.15, -0.1) is 0 Å². The Labute approximate surface area is 116 Å². The second-order valence-electron chi connectivity index (χ2n) is 5.03. The van der Waals surface area contributed by atoms with Crippen molar-refractivity contribution in [1.82, 2.24) is 0 Å². The van der Waals surface area contributed by atoms with Gasteiger partial charge in [0.1, 0.15) is 0 Å². The Balaban J connectivity index is 2.05. The lowest BCUT2D eigenvalue weighted by atomic mass is 10.1. The molecule has 0 nitrogen and oxygen atoms in total. The molecule has 0 N–H and O–H groups in total. The van der Waals surface area contributed by atoms with Gasteiger partial charge in [-0.1, -0.05) is 80.4 Å². The highest BCUT2D eigenvalue weighted by Gasteiger charge is 2.02. The summed E-state index contributed by atoms with van der Waals surface area (Å²) in [5.74, 6) is 0. The molecule has 0 spiro atoms. The molecule has 0 amide bonds. The van der Waals surface area contributed by atoms with Crippen LogP contribution in [-0.4, -0.2) is 0 Å². The minimum atomic E-state index is 0.723. The maximum atomic E-state index is 2.30. The summed E-state index contributed by atoms with van der Waals surface area (Å²) in [5.41, 5.74) is 2.70. The molecule has 0 aromatic heterocycles. The largest absolute Gasteiger partial charge is 0.0616 e.